The van der Waals surface area contributed by atoms with E-state index in [1.54, 1.807) is 4.90 Å². The first-order chi connectivity index (χ1) is 8.66. The van der Waals surface area contributed by atoms with E-state index >= 15 is 0 Å². The van der Waals surface area contributed by atoms with Crippen molar-refractivity contribution in [3.05, 3.63) is 0 Å². The maximum atomic E-state index is 11.9. The second-order valence-electron chi connectivity index (χ2n) is 4.92. The molecule has 6 heteroatoms. The Labute approximate surface area is 107 Å². The zero-order valence-electron chi connectivity index (χ0n) is 10.8. The molecular weight excluding hydrogens is 234 g/mol. The van der Waals surface area contributed by atoms with Gasteiger partial charge in [0.25, 0.3) is 0 Å². The molecule has 0 bridgehead atoms. The van der Waals surface area contributed by atoms with Crippen molar-refractivity contribution in [3.63, 3.8) is 0 Å². The van der Waals surface area contributed by atoms with Crippen LogP contribution >= 0.6 is 0 Å². The van der Waals surface area contributed by atoms with Crippen molar-refractivity contribution in [2.75, 3.05) is 32.8 Å². The van der Waals surface area contributed by atoms with Crippen LogP contribution in [-0.4, -0.2) is 61.6 Å². The average Bonchev–Trinajstić information content (AvgIpc) is 2.39. The van der Waals surface area contributed by atoms with E-state index in [2.05, 4.69) is 10.6 Å². The summed E-state index contributed by atoms with van der Waals surface area (Å²) in [6, 6.07) is 0.0631. The monoisotopic (exact) mass is 255 g/mol. The highest BCUT2D eigenvalue weighted by Crippen LogP contribution is 2.13. The van der Waals surface area contributed by atoms with Crippen LogP contribution in [0.25, 0.3) is 0 Å². The summed E-state index contributed by atoms with van der Waals surface area (Å²) in [7, 11) is 0. The molecule has 6 nitrogen and oxygen atoms in total. The molecule has 0 saturated carbocycles. The molecular formula is C12H21N3O3. The third-order valence-corrected chi connectivity index (χ3v) is 3.42. The van der Waals surface area contributed by atoms with Gasteiger partial charge < -0.3 is 20.3 Å². The van der Waals surface area contributed by atoms with Gasteiger partial charge in [0.15, 0.2) is 0 Å². The van der Waals surface area contributed by atoms with Crippen molar-refractivity contribution in [2.45, 2.75) is 31.9 Å². The molecule has 0 aromatic heterocycles. The maximum Gasteiger partial charge on any atom is 0.311 e. The van der Waals surface area contributed by atoms with E-state index in [0.29, 0.717) is 19.7 Å². The van der Waals surface area contributed by atoms with Crippen LogP contribution in [0.15, 0.2) is 0 Å². The molecule has 18 heavy (non-hydrogen) atoms. The molecule has 2 amide bonds. The molecule has 0 spiro atoms. The fourth-order valence-electron chi connectivity index (χ4n) is 2.39. The third-order valence-electron chi connectivity index (χ3n) is 3.42. The summed E-state index contributed by atoms with van der Waals surface area (Å²) < 4.78 is 5.41. The fraction of sp³-hybridized carbons (Fsp3) is 0.833. The number of hydrogen-bond donors (Lipinski definition) is 2. The van der Waals surface area contributed by atoms with E-state index in [0.717, 1.165) is 25.9 Å². The second kappa shape index (κ2) is 6.15. The van der Waals surface area contributed by atoms with E-state index in [9.17, 15) is 9.59 Å². The molecule has 2 rings (SSSR count). The molecule has 0 radical (unpaired) electrons. The molecule has 2 unspecified atom stereocenters. The van der Waals surface area contributed by atoms with Crippen LogP contribution in [0.3, 0.4) is 0 Å². The first-order valence-electron chi connectivity index (χ1n) is 6.59. The molecule has 2 fully saturated rings. The molecule has 2 heterocycles. The van der Waals surface area contributed by atoms with Crippen molar-refractivity contribution >= 4 is 11.8 Å². The lowest BCUT2D eigenvalue weighted by Crippen LogP contribution is -2.53. The Kier molecular flexibility index (Phi) is 4.54. The van der Waals surface area contributed by atoms with Crippen LogP contribution in [0.2, 0.25) is 0 Å². The number of carbonyl (C=O) groups excluding carboxylic acids is 2. The zero-order valence-corrected chi connectivity index (χ0v) is 10.8. The summed E-state index contributed by atoms with van der Waals surface area (Å²) in [4.78, 5) is 25.4. The van der Waals surface area contributed by atoms with Gasteiger partial charge in [-0.3, -0.25) is 9.59 Å². The van der Waals surface area contributed by atoms with E-state index in [-0.39, 0.29) is 12.1 Å². The lowest BCUT2D eigenvalue weighted by atomic mass is 10.0. The fourth-order valence-corrected chi connectivity index (χ4v) is 2.39. The van der Waals surface area contributed by atoms with Crippen LogP contribution in [0, 0.1) is 0 Å². The number of amides is 2. The molecule has 102 valence electrons. The molecule has 2 atom stereocenters. The number of hydrogen-bond acceptors (Lipinski definition) is 4. The average molecular weight is 255 g/mol. The smallest absolute Gasteiger partial charge is 0.311 e. The second-order valence-corrected chi connectivity index (χ2v) is 4.92. The van der Waals surface area contributed by atoms with Crippen molar-refractivity contribution in [3.8, 4) is 0 Å². The molecule has 2 aliphatic heterocycles. The first-order valence-corrected chi connectivity index (χ1v) is 6.59. The molecule has 2 saturated heterocycles. The highest BCUT2D eigenvalue weighted by Gasteiger charge is 2.27. The quantitative estimate of drug-likeness (QED) is 0.596. The third kappa shape index (κ3) is 3.43. The lowest BCUT2D eigenvalue weighted by Gasteiger charge is -2.30. The summed E-state index contributed by atoms with van der Waals surface area (Å²) in [6.07, 6.45) is 1.71. The Bertz CT molecular complexity index is 316. The predicted octanol–water partition coefficient (Wildman–Crippen LogP) is -0.898. The molecule has 2 aliphatic rings. The standard InChI is InChI=1S/C12H21N3O3/c1-9-8-10(2-7-18-9)14-11(16)12(17)15-5-3-13-4-6-15/h9-10,13H,2-8H2,1H3,(H,14,16). The Balaban J connectivity index is 1.81. The minimum absolute atomic E-state index is 0.0631. The van der Waals surface area contributed by atoms with Crippen molar-refractivity contribution in [2.24, 2.45) is 0 Å². The van der Waals surface area contributed by atoms with Crippen LogP contribution < -0.4 is 10.6 Å². The largest absolute Gasteiger partial charge is 0.378 e. The van der Waals surface area contributed by atoms with Gasteiger partial charge in [-0.15, -0.1) is 0 Å². The normalized spacial score (nSPS) is 28.8. The summed E-state index contributed by atoms with van der Waals surface area (Å²) >= 11 is 0. The minimum Gasteiger partial charge on any atom is -0.378 e. The number of nitrogens with one attached hydrogen (secondary N) is 2. The topological polar surface area (TPSA) is 70.7 Å². The number of ether oxygens (including phenoxy) is 1. The van der Waals surface area contributed by atoms with E-state index in [1.165, 1.54) is 0 Å². The van der Waals surface area contributed by atoms with Crippen molar-refractivity contribution in [1.82, 2.24) is 15.5 Å². The molecule has 2 N–H and O–H groups in total. The lowest BCUT2D eigenvalue weighted by molar-refractivity contribution is -0.147. The van der Waals surface area contributed by atoms with Gasteiger partial charge in [-0.1, -0.05) is 0 Å². The van der Waals surface area contributed by atoms with Gasteiger partial charge in [-0.2, -0.15) is 0 Å². The number of piperazine rings is 1. The SMILES string of the molecule is CC1CC(NC(=O)C(=O)N2CCNCC2)CCO1. The van der Waals surface area contributed by atoms with Gasteiger partial charge >= 0.3 is 11.8 Å². The van der Waals surface area contributed by atoms with Crippen LogP contribution in [0.5, 0.6) is 0 Å². The highest BCUT2D eigenvalue weighted by atomic mass is 16.5. The first kappa shape index (κ1) is 13.3. The number of nitrogens with zero attached hydrogens (tertiary/aromatic N) is 1. The van der Waals surface area contributed by atoms with E-state index in [4.69, 9.17) is 4.74 Å². The Morgan fingerprint density at radius 1 is 1.33 bits per heavy atom. The van der Waals surface area contributed by atoms with Gasteiger partial charge in [0.1, 0.15) is 0 Å². The summed E-state index contributed by atoms with van der Waals surface area (Å²) in [5.41, 5.74) is 0. The van der Waals surface area contributed by atoms with Gasteiger partial charge in [0.2, 0.25) is 0 Å². The van der Waals surface area contributed by atoms with Crippen LogP contribution in [-0.2, 0) is 14.3 Å². The summed E-state index contributed by atoms with van der Waals surface area (Å²) in [5, 5.41) is 5.97. The number of rotatable bonds is 1. The van der Waals surface area contributed by atoms with Crippen molar-refractivity contribution < 1.29 is 14.3 Å². The van der Waals surface area contributed by atoms with Gasteiger partial charge in [0.05, 0.1) is 6.10 Å². The Morgan fingerprint density at radius 3 is 2.72 bits per heavy atom. The molecule has 0 aromatic rings. The Hall–Kier alpha value is -1.14. The number of carbonyl (C=O) groups is 2. The van der Waals surface area contributed by atoms with Crippen LogP contribution in [0.1, 0.15) is 19.8 Å². The van der Waals surface area contributed by atoms with Gasteiger partial charge in [-0.05, 0) is 19.8 Å². The predicted molar refractivity (Wildman–Crippen MR) is 66.0 cm³/mol. The summed E-state index contributed by atoms with van der Waals surface area (Å²) in [5.74, 6) is -0.883. The Morgan fingerprint density at radius 2 is 2.06 bits per heavy atom. The molecule has 0 aromatic carbocycles. The maximum absolute atomic E-state index is 11.9. The van der Waals surface area contributed by atoms with E-state index < -0.39 is 11.8 Å². The van der Waals surface area contributed by atoms with Crippen molar-refractivity contribution in [1.29, 1.82) is 0 Å². The van der Waals surface area contributed by atoms with Crippen LogP contribution in [0.4, 0.5) is 0 Å². The van der Waals surface area contributed by atoms with Gasteiger partial charge in [0, 0.05) is 38.8 Å². The highest BCUT2D eigenvalue weighted by molar-refractivity contribution is 6.35. The van der Waals surface area contributed by atoms with E-state index in [1.807, 2.05) is 6.92 Å². The summed E-state index contributed by atoms with van der Waals surface area (Å²) in [6.45, 7) is 5.36. The molecule has 0 aliphatic carbocycles. The minimum atomic E-state index is -0.476. The zero-order chi connectivity index (χ0) is 13.0. The van der Waals surface area contributed by atoms with Gasteiger partial charge in [-0.25, -0.2) is 0 Å².